The van der Waals surface area contributed by atoms with E-state index in [1.165, 1.54) is 6.07 Å². The second kappa shape index (κ2) is 8.41. The Labute approximate surface area is 152 Å². The summed E-state index contributed by atoms with van der Waals surface area (Å²) in [6, 6.07) is 11.2. The van der Waals surface area contributed by atoms with Gasteiger partial charge in [0, 0.05) is 24.1 Å². The van der Waals surface area contributed by atoms with E-state index in [-0.39, 0.29) is 30.3 Å². The van der Waals surface area contributed by atoms with Gasteiger partial charge in [-0.1, -0.05) is 24.3 Å². The zero-order valence-electron chi connectivity index (χ0n) is 13.9. The van der Waals surface area contributed by atoms with Crippen LogP contribution in [-0.2, 0) is 0 Å². The summed E-state index contributed by atoms with van der Waals surface area (Å²) in [5, 5.41) is 6.29. The fourth-order valence-electron chi connectivity index (χ4n) is 3.23. The summed E-state index contributed by atoms with van der Waals surface area (Å²) in [6.07, 6.45) is 0.754. The maximum absolute atomic E-state index is 13.6. The molecule has 134 valence electrons. The van der Waals surface area contributed by atoms with Gasteiger partial charge in [-0.25, -0.2) is 8.78 Å². The van der Waals surface area contributed by atoms with Gasteiger partial charge in [-0.3, -0.25) is 4.79 Å². The largest absolute Gasteiger partial charge is 0.347 e. The smallest absolute Gasteiger partial charge is 0.251 e. The zero-order valence-corrected chi connectivity index (χ0v) is 14.7. The van der Waals surface area contributed by atoms with E-state index in [0.717, 1.165) is 24.6 Å². The Kier molecular flexibility index (Phi) is 6.51. The minimum Gasteiger partial charge on any atom is -0.347 e. The highest BCUT2D eigenvalue weighted by atomic mass is 35.5. The zero-order chi connectivity index (χ0) is 17.1. The van der Waals surface area contributed by atoms with Crippen LogP contribution in [0.5, 0.6) is 0 Å². The maximum Gasteiger partial charge on any atom is 0.251 e. The summed E-state index contributed by atoms with van der Waals surface area (Å²) < 4.78 is 26.7. The molecule has 1 aliphatic heterocycles. The number of amides is 1. The van der Waals surface area contributed by atoms with E-state index in [0.29, 0.717) is 17.7 Å². The molecule has 1 heterocycles. The van der Waals surface area contributed by atoms with E-state index in [1.54, 1.807) is 12.1 Å². The van der Waals surface area contributed by atoms with E-state index in [4.69, 9.17) is 0 Å². The summed E-state index contributed by atoms with van der Waals surface area (Å²) in [6.45, 7) is 3.27. The lowest BCUT2D eigenvalue weighted by Crippen LogP contribution is -2.50. The molecule has 0 aromatic heterocycles. The van der Waals surface area contributed by atoms with Gasteiger partial charge in [0.15, 0.2) is 11.6 Å². The molecular formula is C19H21ClF2N2O. The molecular weight excluding hydrogens is 346 g/mol. The fraction of sp³-hybridized carbons (Fsp3) is 0.316. The predicted molar refractivity (Wildman–Crippen MR) is 96.3 cm³/mol. The van der Waals surface area contributed by atoms with Gasteiger partial charge in [-0.15, -0.1) is 12.4 Å². The average Bonchev–Trinajstić information content (AvgIpc) is 2.58. The number of hydrogen-bond donors (Lipinski definition) is 2. The predicted octanol–water partition coefficient (Wildman–Crippen LogP) is 3.57. The van der Waals surface area contributed by atoms with Crippen molar-refractivity contribution in [3.05, 3.63) is 70.8 Å². The number of hydrogen-bond acceptors (Lipinski definition) is 2. The van der Waals surface area contributed by atoms with Crippen molar-refractivity contribution in [3.63, 3.8) is 0 Å². The van der Waals surface area contributed by atoms with E-state index in [2.05, 4.69) is 10.6 Å². The first-order valence-electron chi connectivity index (χ1n) is 8.08. The van der Waals surface area contributed by atoms with Crippen LogP contribution in [0.15, 0.2) is 42.5 Å². The van der Waals surface area contributed by atoms with Crippen LogP contribution in [0.4, 0.5) is 8.78 Å². The monoisotopic (exact) mass is 366 g/mol. The molecule has 0 spiro atoms. The van der Waals surface area contributed by atoms with Gasteiger partial charge < -0.3 is 10.6 Å². The van der Waals surface area contributed by atoms with Crippen molar-refractivity contribution in [2.75, 3.05) is 13.1 Å². The lowest BCUT2D eigenvalue weighted by Gasteiger charge is -2.33. The second-order valence-electron chi connectivity index (χ2n) is 6.17. The third-order valence-corrected chi connectivity index (χ3v) is 4.56. The van der Waals surface area contributed by atoms with E-state index < -0.39 is 11.6 Å². The number of carbonyl (C=O) groups excluding carboxylic acids is 1. The Balaban J connectivity index is 0.00000225. The van der Waals surface area contributed by atoms with Crippen molar-refractivity contribution in [2.45, 2.75) is 25.3 Å². The number of piperidine rings is 1. The van der Waals surface area contributed by atoms with Crippen LogP contribution in [0.25, 0.3) is 0 Å². The topological polar surface area (TPSA) is 41.1 Å². The highest BCUT2D eigenvalue weighted by molar-refractivity contribution is 5.95. The third-order valence-electron chi connectivity index (χ3n) is 4.56. The summed E-state index contributed by atoms with van der Waals surface area (Å²) in [7, 11) is 0. The van der Waals surface area contributed by atoms with Crippen molar-refractivity contribution < 1.29 is 13.6 Å². The molecule has 1 fully saturated rings. The summed E-state index contributed by atoms with van der Waals surface area (Å²) in [5.41, 5.74) is 2.25. The van der Waals surface area contributed by atoms with Gasteiger partial charge in [0.25, 0.3) is 5.91 Å². The highest BCUT2D eigenvalue weighted by Crippen LogP contribution is 2.27. The molecule has 25 heavy (non-hydrogen) atoms. The van der Waals surface area contributed by atoms with Crippen LogP contribution in [0.1, 0.15) is 33.8 Å². The first kappa shape index (κ1) is 19.3. The van der Waals surface area contributed by atoms with Gasteiger partial charge in [-0.2, -0.15) is 0 Å². The van der Waals surface area contributed by atoms with Gasteiger partial charge >= 0.3 is 0 Å². The quantitative estimate of drug-likeness (QED) is 0.872. The first-order valence-corrected chi connectivity index (χ1v) is 8.08. The van der Waals surface area contributed by atoms with Crippen molar-refractivity contribution in [3.8, 4) is 0 Å². The molecule has 2 unspecified atom stereocenters. The lowest BCUT2D eigenvalue weighted by atomic mass is 9.85. The minimum absolute atomic E-state index is 0. The van der Waals surface area contributed by atoms with Gasteiger partial charge in [-0.05, 0) is 49.2 Å². The van der Waals surface area contributed by atoms with Crippen LogP contribution in [0.2, 0.25) is 0 Å². The number of rotatable bonds is 3. The summed E-state index contributed by atoms with van der Waals surface area (Å²) in [5.74, 6) is -1.90. The molecule has 1 aliphatic rings. The normalized spacial score (nSPS) is 19.8. The van der Waals surface area contributed by atoms with Gasteiger partial charge in [0.05, 0.1) is 0 Å². The van der Waals surface area contributed by atoms with Crippen molar-refractivity contribution in [2.24, 2.45) is 0 Å². The molecule has 0 radical (unpaired) electrons. The number of nitrogens with one attached hydrogen (secondary N) is 2. The van der Waals surface area contributed by atoms with Gasteiger partial charge in [0.1, 0.15) is 0 Å². The van der Waals surface area contributed by atoms with E-state index >= 15 is 0 Å². The molecule has 3 nitrogen and oxygen atoms in total. The van der Waals surface area contributed by atoms with Crippen LogP contribution in [0.3, 0.4) is 0 Å². The molecule has 2 atom stereocenters. The second-order valence-corrected chi connectivity index (χ2v) is 6.17. The summed E-state index contributed by atoms with van der Waals surface area (Å²) >= 11 is 0. The third kappa shape index (κ3) is 4.35. The van der Waals surface area contributed by atoms with Crippen LogP contribution < -0.4 is 10.6 Å². The highest BCUT2D eigenvalue weighted by Gasteiger charge is 2.28. The molecule has 2 N–H and O–H groups in total. The van der Waals surface area contributed by atoms with E-state index in [1.807, 2.05) is 25.1 Å². The average molecular weight is 367 g/mol. The standard InChI is InChI=1S/C19H20F2N2O.ClH/c1-12-4-2-3-5-14(12)19(24)23-18-11-22-9-8-15(18)13-6-7-16(20)17(21)10-13;/h2-7,10,15,18,22H,8-9,11H2,1H3,(H,23,24);1H. The molecule has 2 aromatic rings. The van der Waals surface area contributed by atoms with Crippen LogP contribution in [-0.4, -0.2) is 25.0 Å². The van der Waals surface area contributed by atoms with Gasteiger partial charge in [0.2, 0.25) is 0 Å². The molecule has 0 aliphatic carbocycles. The van der Waals surface area contributed by atoms with Crippen LogP contribution >= 0.6 is 12.4 Å². The number of benzene rings is 2. The molecule has 0 saturated carbocycles. The molecule has 1 amide bonds. The molecule has 3 rings (SSSR count). The number of aryl methyl sites for hydroxylation is 1. The van der Waals surface area contributed by atoms with Crippen molar-refractivity contribution in [1.29, 1.82) is 0 Å². The fourth-order valence-corrected chi connectivity index (χ4v) is 3.23. The molecule has 2 aromatic carbocycles. The van der Waals surface area contributed by atoms with Crippen molar-refractivity contribution >= 4 is 18.3 Å². The Bertz CT molecular complexity index is 754. The van der Waals surface area contributed by atoms with E-state index in [9.17, 15) is 13.6 Å². The summed E-state index contributed by atoms with van der Waals surface area (Å²) in [4.78, 5) is 12.6. The Hall–Kier alpha value is -1.98. The minimum atomic E-state index is -0.854. The lowest BCUT2D eigenvalue weighted by molar-refractivity contribution is 0.0924. The van der Waals surface area contributed by atoms with Crippen LogP contribution in [0, 0.1) is 18.6 Å². The Morgan fingerprint density at radius 1 is 1.16 bits per heavy atom. The van der Waals surface area contributed by atoms with Crippen molar-refractivity contribution in [1.82, 2.24) is 10.6 Å². The molecule has 0 bridgehead atoms. The number of halogens is 3. The Morgan fingerprint density at radius 2 is 1.92 bits per heavy atom. The number of carbonyl (C=O) groups is 1. The Morgan fingerprint density at radius 3 is 2.64 bits per heavy atom. The first-order chi connectivity index (χ1) is 11.6. The molecule has 6 heteroatoms. The SMILES string of the molecule is Cc1ccccc1C(=O)NC1CNCCC1c1ccc(F)c(F)c1.Cl. The molecule has 1 saturated heterocycles. The maximum atomic E-state index is 13.6.